The number of fused-ring (bicyclic) bond motifs is 1. The van der Waals surface area contributed by atoms with Crippen LogP contribution in [0.2, 0.25) is 0 Å². The Morgan fingerprint density at radius 1 is 1.25 bits per heavy atom. The van der Waals surface area contributed by atoms with E-state index in [0.29, 0.717) is 18.2 Å². The lowest BCUT2D eigenvalue weighted by atomic mass is 9.90. The molecule has 6 heteroatoms. The number of carbonyl (C=O) groups is 2. The summed E-state index contributed by atoms with van der Waals surface area (Å²) in [5.41, 5.74) is 4.01. The van der Waals surface area contributed by atoms with Crippen LogP contribution >= 0.6 is 11.3 Å². The summed E-state index contributed by atoms with van der Waals surface area (Å²) in [7, 11) is 0. The molecule has 0 spiro atoms. The SMILES string of the molecule is CCOC(=O)c1csc(NC(=O)Cc2ccc3c(c2)CCCC3)n1. The first-order valence-electron chi connectivity index (χ1n) is 8.19. The molecule has 2 aromatic rings. The van der Waals surface area contributed by atoms with Crippen molar-refractivity contribution in [3.8, 4) is 0 Å². The largest absolute Gasteiger partial charge is 0.461 e. The van der Waals surface area contributed by atoms with Crippen LogP contribution in [0.1, 0.15) is 46.9 Å². The van der Waals surface area contributed by atoms with E-state index in [2.05, 4.69) is 22.4 Å². The minimum atomic E-state index is -0.469. The summed E-state index contributed by atoms with van der Waals surface area (Å²) >= 11 is 1.22. The van der Waals surface area contributed by atoms with Gasteiger partial charge in [0.2, 0.25) is 5.91 Å². The number of anilines is 1. The fourth-order valence-electron chi connectivity index (χ4n) is 2.88. The summed E-state index contributed by atoms with van der Waals surface area (Å²) in [6.45, 7) is 2.04. The lowest BCUT2D eigenvalue weighted by Gasteiger charge is -2.16. The highest BCUT2D eigenvalue weighted by Gasteiger charge is 2.14. The first kappa shape index (κ1) is 16.6. The van der Waals surface area contributed by atoms with Crippen LogP contribution in [0.5, 0.6) is 0 Å². The molecule has 0 saturated carbocycles. The van der Waals surface area contributed by atoms with Crippen molar-refractivity contribution in [2.24, 2.45) is 0 Å². The van der Waals surface area contributed by atoms with E-state index in [0.717, 1.165) is 18.4 Å². The van der Waals surface area contributed by atoms with Crippen LogP contribution in [0, 0.1) is 0 Å². The molecule has 0 fully saturated rings. The van der Waals surface area contributed by atoms with Crippen molar-refractivity contribution in [3.05, 3.63) is 46.0 Å². The molecule has 1 heterocycles. The molecule has 0 bridgehead atoms. The Morgan fingerprint density at radius 2 is 2.04 bits per heavy atom. The number of hydrogen-bond acceptors (Lipinski definition) is 5. The van der Waals surface area contributed by atoms with Gasteiger partial charge in [0.25, 0.3) is 0 Å². The Kier molecular flexibility index (Phi) is 5.25. The number of rotatable bonds is 5. The van der Waals surface area contributed by atoms with E-state index in [1.807, 2.05) is 6.07 Å². The van der Waals surface area contributed by atoms with Crippen LogP contribution in [0.4, 0.5) is 5.13 Å². The van der Waals surface area contributed by atoms with Gasteiger partial charge in [0, 0.05) is 5.38 Å². The van der Waals surface area contributed by atoms with Crippen LogP contribution in [0.25, 0.3) is 0 Å². The van der Waals surface area contributed by atoms with E-state index in [9.17, 15) is 9.59 Å². The molecule has 0 radical (unpaired) electrons. The smallest absolute Gasteiger partial charge is 0.357 e. The van der Waals surface area contributed by atoms with Crippen molar-refractivity contribution >= 4 is 28.3 Å². The summed E-state index contributed by atoms with van der Waals surface area (Å²) in [5.74, 6) is -0.598. The van der Waals surface area contributed by atoms with Crippen molar-refractivity contribution in [3.63, 3.8) is 0 Å². The van der Waals surface area contributed by atoms with Crippen molar-refractivity contribution in [2.45, 2.75) is 39.0 Å². The maximum Gasteiger partial charge on any atom is 0.357 e. The van der Waals surface area contributed by atoms with Crippen molar-refractivity contribution in [2.75, 3.05) is 11.9 Å². The molecule has 1 aromatic carbocycles. The summed E-state index contributed by atoms with van der Waals surface area (Å²) in [5, 5.41) is 4.76. The molecule has 126 valence electrons. The lowest BCUT2D eigenvalue weighted by molar-refractivity contribution is -0.115. The van der Waals surface area contributed by atoms with E-state index >= 15 is 0 Å². The van der Waals surface area contributed by atoms with Gasteiger partial charge in [-0.1, -0.05) is 18.2 Å². The highest BCUT2D eigenvalue weighted by molar-refractivity contribution is 7.14. The third kappa shape index (κ3) is 4.00. The minimum absolute atomic E-state index is 0.129. The number of thiazole rings is 1. The number of esters is 1. The van der Waals surface area contributed by atoms with Gasteiger partial charge < -0.3 is 10.1 Å². The van der Waals surface area contributed by atoms with Crippen molar-refractivity contribution in [1.82, 2.24) is 4.98 Å². The van der Waals surface area contributed by atoms with Crippen LogP contribution < -0.4 is 5.32 Å². The predicted octanol–water partition coefficient (Wildman–Crippen LogP) is 3.38. The van der Waals surface area contributed by atoms with Gasteiger partial charge in [0.15, 0.2) is 10.8 Å². The molecule has 0 unspecified atom stereocenters. The maximum absolute atomic E-state index is 12.2. The topological polar surface area (TPSA) is 68.3 Å². The standard InChI is InChI=1S/C18H20N2O3S/c1-2-23-17(22)15-11-24-18(19-15)20-16(21)10-12-7-8-13-5-3-4-6-14(13)9-12/h7-9,11H,2-6,10H2,1H3,(H,19,20,21). The van der Waals surface area contributed by atoms with Gasteiger partial charge in [-0.15, -0.1) is 11.3 Å². The first-order chi connectivity index (χ1) is 11.7. The summed E-state index contributed by atoms with van der Waals surface area (Å²) in [6, 6.07) is 6.30. The number of carbonyl (C=O) groups excluding carboxylic acids is 2. The van der Waals surface area contributed by atoms with E-state index in [1.54, 1.807) is 12.3 Å². The summed E-state index contributed by atoms with van der Waals surface area (Å²) in [6.07, 6.45) is 5.01. The number of nitrogens with zero attached hydrogens (tertiary/aromatic N) is 1. The second-order valence-electron chi connectivity index (χ2n) is 5.79. The highest BCUT2D eigenvalue weighted by Crippen LogP contribution is 2.23. The quantitative estimate of drug-likeness (QED) is 0.844. The number of aryl methyl sites for hydroxylation is 2. The van der Waals surface area contributed by atoms with Gasteiger partial charge in [0.1, 0.15) is 0 Å². The van der Waals surface area contributed by atoms with Crippen LogP contribution in [-0.2, 0) is 28.8 Å². The second-order valence-corrected chi connectivity index (χ2v) is 6.65. The fourth-order valence-corrected chi connectivity index (χ4v) is 3.57. The third-order valence-electron chi connectivity index (χ3n) is 4.01. The van der Waals surface area contributed by atoms with E-state index in [4.69, 9.17) is 4.74 Å². The molecule has 1 aliphatic rings. The molecule has 24 heavy (non-hydrogen) atoms. The number of ether oxygens (including phenoxy) is 1. The number of nitrogens with one attached hydrogen (secondary N) is 1. The normalized spacial score (nSPS) is 13.2. The Balaban J connectivity index is 1.60. The van der Waals surface area contributed by atoms with Crippen LogP contribution in [0.15, 0.2) is 23.6 Å². The molecule has 0 saturated heterocycles. The van der Waals surface area contributed by atoms with Gasteiger partial charge in [-0.05, 0) is 49.3 Å². The Bertz CT molecular complexity index is 754. The van der Waals surface area contributed by atoms with Crippen LogP contribution in [0.3, 0.4) is 0 Å². The third-order valence-corrected chi connectivity index (χ3v) is 4.77. The number of amides is 1. The average molecular weight is 344 g/mol. The molecule has 1 amide bonds. The number of hydrogen-bond donors (Lipinski definition) is 1. The van der Waals surface area contributed by atoms with Gasteiger partial charge in [-0.25, -0.2) is 9.78 Å². The first-order valence-corrected chi connectivity index (χ1v) is 9.07. The van der Waals surface area contributed by atoms with E-state index < -0.39 is 5.97 Å². The average Bonchev–Trinajstić information content (AvgIpc) is 3.03. The molecule has 1 aliphatic carbocycles. The van der Waals surface area contributed by atoms with Gasteiger partial charge in [-0.2, -0.15) is 0 Å². The molecular formula is C18H20N2O3S. The highest BCUT2D eigenvalue weighted by atomic mass is 32.1. The maximum atomic E-state index is 12.2. The van der Waals surface area contributed by atoms with Crippen molar-refractivity contribution in [1.29, 1.82) is 0 Å². The van der Waals surface area contributed by atoms with Gasteiger partial charge in [-0.3, -0.25) is 4.79 Å². The second kappa shape index (κ2) is 7.57. The zero-order valence-corrected chi connectivity index (χ0v) is 14.4. The zero-order valence-electron chi connectivity index (χ0n) is 13.6. The summed E-state index contributed by atoms with van der Waals surface area (Å²) in [4.78, 5) is 27.9. The Morgan fingerprint density at radius 3 is 2.83 bits per heavy atom. The molecule has 0 atom stereocenters. The molecule has 5 nitrogen and oxygen atoms in total. The van der Waals surface area contributed by atoms with Crippen LogP contribution in [-0.4, -0.2) is 23.5 Å². The Hall–Kier alpha value is -2.21. The van der Waals surface area contributed by atoms with Gasteiger partial charge >= 0.3 is 5.97 Å². The number of aromatic nitrogens is 1. The number of benzene rings is 1. The Labute approximate surface area is 145 Å². The van der Waals surface area contributed by atoms with Gasteiger partial charge in [0.05, 0.1) is 13.0 Å². The monoisotopic (exact) mass is 344 g/mol. The molecule has 1 aromatic heterocycles. The molecule has 3 rings (SSSR count). The van der Waals surface area contributed by atoms with E-state index in [-0.39, 0.29) is 11.6 Å². The molecule has 0 aliphatic heterocycles. The van der Waals surface area contributed by atoms with Crippen molar-refractivity contribution < 1.29 is 14.3 Å². The summed E-state index contributed by atoms with van der Waals surface area (Å²) < 4.78 is 4.89. The minimum Gasteiger partial charge on any atom is -0.461 e. The predicted molar refractivity (Wildman–Crippen MR) is 93.5 cm³/mol. The molecule has 1 N–H and O–H groups in total. The fraction of sp³-hybridized carbons (Fsp3) is 0.389. The zero-order chi connectivity index (χ0) is 16.9. The molecular weight excluding hydrogens is 324 g/mol. The van der Waals surface area contributed by atoms with E-state index in [1.165, 1.54) is 35.3 Å². The lowest BCUT2D eigenvalue weighted by Crippen LogP contribution is -2.15.